The molecule has 0 fully saturated rings. The van der Waals surface area contributed by atoms with Crippen LogP contribution in [0.1, 0.15) is 5.69 Å². The Morgan fingerprint density at radius 1 is 1.70 bits per heavy atom. The lowest BCUT2D eigenvalue weighted by molar-refractivity contribution is 0.276. The van der Waals surface area contributed by atoms with Gasteiger partial charge in [0.05, 0.1) is 23.5 Å². The van der Waals surface area contributed by atoms with Crippen LogP contribution in [0.3, 0.4) is 0 Å². The average Bonchev–Trinajstić information content (AvgIpc) is 1.95. The molecule has 1 aromatic heterocycles. The standard InChI is InChI=1S/C6H5ClFNO/c7-5-1-4(3-10)9-2-6(5)8/h1-2,10H,3H2. The zero-order chi connectivity index (χ0) is 7.56. The second-order valence-electron chi connectivity index (χ2n) is 1.75. The molecule has 54 valence electrons. The first-order chi connectivity index (χ1) is 4.74. The number of aromatic nitrogens is 1. The van der Waals surface area contributed by atoms with Gasteiger partial charge in [-0.15, -0.1) is 0 Å². The van der Waals surface area contributed by atoms with Gasteiger partial charge in [0.1, 0.15) is 0 Å². The smallest absolute Gasteiger partial charge is 0.160 e. The maximum atomic E-state index is 12.4. The van der Waals surface area contributed by atoms with Crippen molar-refractivity contribution >= 4 is 11.6 Å². The van der Waals surface area contributed by atoms with Crippen molar-refractivity contribution in [2.45, 2.75) is 6.61 Å². The third-order valence-corrected chi connectivity index (χ3v) is 1.32. The molecule has 2 nitrogen and oxygen atoms in total. The van der Waals surface area contributed by atoms with Crippen LogP contribution in [0.15, 0.2) is 12.3 Å². The van der Waals surface area contributed by atoms with E-state index in [1.165, 1.54) is 6.07 Å². The summed E-state index contributed by atoms with van der Waals surface area (Å²) < 4.78 is 12.4. The van der Waals surface area contributed by atoms with Gasteiger partial charge in [0.2, 0.25) is 0 Å². The molecule has 0 aliphatic carbocycles. The molecule has 0 atom stereocenters. The lowest BCUT2D eigenvalue weighted by Crippen LogP contribution is -1.89. The molecule has 0 aliphatic rings. The molecule has 0 amide bonds. The first kappa shape index (κ1) is 7.44. The third-order valence-electron chi connectivity index (χ3n) is 1.03. The predicted molar refractivity (Wildman–Crippen MR) is 35.1 cm³/mol. The number of aliphatic hydroxyl groups is 1. The second-order valence-corrected chi connectivity index (χ2v) is 2.16. The molecular formula is C6H5ClFNO. The Labute approximate surface area is 62.3 Å². The van der Waals surface area contributed by atoms with Crippen molar-refractivity contribution in [1.29, 1.82) is 0 Å². The summed E-state index contributed by atoms with van der Waals surface area (Å²) in [5.74, 6) is -0.570. The number of halogens is 2. The highest BCUT2D eigenvalue weighted by atomic mass is 35.5. The van der Waals surface area contributed by atoms with Crippen molar-refractivity contribution in [2.24, 2.45) is 0 Å². The van der Waals surface area contributed by atoms with Crippen molar-refractivity contribution < 1.29 is 9.50 Å². The normalized spacial score (nSPS) is 9.90. The Morgan fingerprint density at radius 3 is 2.90 bits per heavy atom. The van der Waals surface area contributed by atoms with Gasteiger partial charge in [-0.2, -0.15) is 0 Å². The van der Waals surface area contributed by atoms with Gasteiger partial charge in [-0.05, 0) is 6.07 Å². The molecule has 0 aliphatic heterocycles. The molecule has 4 heteroatoms. The Hall–Kier alpha value is -0.670. The van der Waals surface area contributed by atoms with E-state index in [2.05, 4.69) is 4.98 Å². The van der Waals surface area contributed by atoms with Crippen LogP contribution in [0.4, 0.5) is 4.39 Å². The van der Waals surface area contributed by atoms with Gasteiger partial charge in [0, 0.05) is 0 Å². The molecular weight excluding hydrogens is 157 g/mol. The van der Waals surface area contributed by atoms with Crippen LogP contribution in [0, 0.1) is 5.82 Å². The van der Waals surface area contributed by atoms with Crippen LogP contribution >= 0.6 is 11.6 Å². The molecule has 0 aromatic carbocycles. The minimum Gasteiger partial charge on any atom is -0.390 e. The lowest BCUT2D eigenvalue weighted by Gasteiger charge is -1.95. The highest BCUT2D eigenvalue weighted by Crippen LogP contribution is 2.13. The minimum absolute atomic E-state index is 0.0148. The highest BCUT2D eigenvalue weighted by Gasteiger charge is 1.99. The van der Waals surface area contributed by atoms with Gasteiger partial charge in [0.15, 0.2) is 5.82 Å². The van der Waals surface area contributed by atoms with Crippen molar-refractivity contribution in [3.63, 3.8) is 0 Å². The van der Waals surface area contributed by atoms with E-state index >= 15 is 0 Å². The van der Waals surface area contributed by atoms with E-state index in [0.717, 1.165) is 6.20 Å². The summed E-state index contributed by atoms with van der Waals surface area (Å²) in [5, 5.41) is 8.49. The second kappa shape index (κ2) is 2.94. The fraction of sp³-hybridized carbons (Fsp3) is 0.167. The monoisotopic (exact) mass is 161 g/mol. The summed E-state index contributed by atoms with van der Waals surface area (Å²) in [5.41, 5.74) is 0.367. The Bertz CT molecular complexity index is 241. The molecule has 1 rings (SSSR count). The predicted octanol–water partition coefficient (Wildman–Crippen LogP) is 1.37. The maximum Gasteiger partial charge on any atom is 0.160 e. The number of rotatable bonds is 1. The van der Waals surface area contributed by atoms with Gasteiger partial charge in [-0.3, -0.25) is 4.98 Å². The summed E-state index contributed by atoms with van der Waals surface area (Å²) in [4.78, 5) is 3.55. The zero-order valence-corrected chi connectivity index (χ0v) is 5.77. The molecule has 10 heavy (non-hydrogen) atoms. The van der Waals surface area contributed by atoms with Gasteiger partial charge in [0.25, 0.3) is 0 Å². The summed E-state index contributed by atoms with van der Waals surface area (Å²) in [6.07, 6.45) is 0.980. The summed E-state index contributed by atoms with van der Waals surface area (Å²) in [7, 11) is 0. The zero-order valence-electron chi connectivity index (χ0n) is 5.01. The van der Waals surface area contributed by atoms with Crippen LogP contribution < -0.4 is 0 Å². The van der Waals surface area contributed by atoms with Crippen molar-refractivity contribution in [3.05, 3.63) is 28.8 Å². The first-order valence-electron chi connectivity index (χ1n) is 2.65. The van der Waals surface area contributed by atoms with E-state index in [-0.39, 0.29) is 11.6 Å². The fourth-order valence-electron chi connectivity index (χ4n) is 0.540. The molecule has 1 N–H and O–H groups in total. The fourth-order valence-corrected chi connectivity index (χ4v) is 0.715. The maximum absolute atomic E-state index is 12.4. The van der Waals surface area contributed by atoms with E-state index in [4.69, 9.17) is 16.7 Å². The largest absolute Gasteiger partial charge is 0.390 e. The molecule has 1 heterocycles. The van der Waals surface area contributed by atoms with Gasteiger partial charge < -0.3 is 5.11 Å². The highest BCUT2D eigenvalue weighted by molar-refractivity contribution is 6.30. The number of nitrogens with zero attached hydrogens (tertiary/aromatic N) is 1. The van der Waals surface area contributed by atoms with Crippen LogP contribution in [0.2, 0.25) is 5.02 Å². The van der Waals surface area contributed by atoms with Gasteiger partial charge >= 0.3 is 0 Å². The first-order valence-corrected chi connectivity index (χ1v) is 3.02. The molecule has 0 radical (unpaired) electrons. The quantitative estimate of drug-likeness (QED) is 0.675. The van der Waals surface area contributed by atoms with E-state index in [9.17, 15) is 4.39 Å². The summed E-state index contributed by atoms with van der Waals surface area (Å²) in [6, 6.07) is 1.29. The van der Waals surface area contributed by atoms with Crippen LogP contribution in [-0.4, -0.2) is 10.1 Å². The van der Waals surface area contributed by atoms with Crippen LogP contribution in [-0.2, 0) is 6.61 Å². The molecule has 1 aromatic rings. The third kappa shape index (κ3) is 1.43. The number of aliphatic hydroxyl groups excluding tert-OH is 1. The Morgan fingerprint density at radius 2 is 2.40 bits per heavy atom. The van der Waals surface area contributed by atoms with Crippen LogP contribution in [0.25, 0.3) is 0 Å². The molecule has 0 unspecified atom stereocenters. The van der Waals surface area contributed by atoms with E-state index < -0.39 is 5.82 Å². The molecule has 0 bridgehead atoms. The van der Waals surface area contributed by atoms with E-state index in [1.807, 2.05) is 0 Å². The van der Waals surface area contributed by atoms with Crippen LogP contribution in [0.5, 0.6) is 0 Å². The average molecular weight is 162 g/mol. The van der Waals surface area contributed by atoms with E-state index in [1.54, 1.807) is 0 Å². The lowest BCUT2D eigenvalue weighted by atomic mass is 10.4. The summed E-state index contributed by atoms with van der Waals surface area (Å²) >= 11 is 5.37. The van der Waals surface area contributed by atoms with Gasteiger partial charge in [-0.25, -0.2) is 4.39 Å². The van der Waals surface area contributed by atoms with Crippen molar-refractivity contribution in [1.82, 2.24) is 4.98 Å². The molecule has 0 saturated heterocycles. The molecule has 0 spiro atoms. The summed E-state index contributed by atoms with van der Waals surface area (Å²) in [6.45, 7) is -0.222. The number of hydrogen-bond acceptors (Lipinski definition) is 2. The Kier molecular flexibility index (Phi) is 2.19. The van der Waals surface area contributed by atoms with Crippen molar-refractivity contribution in [3.8, 4) is 0 Å². The number of hydrogen-bond donors (Lipinski definition) is 1. The van der Waals surface area contributed by atoms with Gasteiger partial charge in [-0.1, -0.05) is 11.6 Å². The SMILES string of the molecule is OCc1cc(Cl)c(F)cn1. The van der Waals surface area contributed by atoms with Crippen molar-refractivity contribution in [2.75, 3.05) is 0 Å². The topological polar surface area (TPSA) is 33.1 Å². The minimum atomic E-state index is -0.570. The number of pyridine rings is 1. The van der Waals surface area contributed by atoms with E-state index in [0.29, 0.717) is 5.69 Å². The molecule has 0 saturated carbocycles. The Balaban J connectivity index is 3.04.